The lowest BCUT2D eigenvalue weighted by molar-refractivity contribution is 0.0335. The van der Waals surface area contributed by atoms with Gasteiger partial charge in [0, 0.05) is 19.8 Å². The Hall–Kier alpha value is 0.0569. The van der Waals surface area contributed by atoms with Crippen LogP contribution in [0.15, 0.2) is 0 Å². The Kier molecular flexibility index (Phi) is 11.7. The van der Waals surface area contributed by atoms with Crippen LogP contribution in [0.1, 0.15) is 60.8 Å². The van der Waals surface area contributed by atoms with Crippen molar-refractivity contribution in [3.05, 3.63) is 0 Å². The molecule has 0 rings (SSSR count). The maximum absolute atomic E-state index is 6.09. The summed E-state index contributed by atoms with van der Waals surface area (Å²) in [6, 6.07) is 0. The van der Waals surface area contributed by atoms with Gasteiger partial charge in [0.2, 0.25) is 0 Å². The first-order valence-electron chi connectivity index (χ1n) is 8.31. The summed E-state index contributed by atoms with van der Waals surface area (Å²) < 4.78 is 18.3. The summed E-state index contributed by atoms with van der Waals surface area (Å²) in [4.78, 5) is 2.51. The molecule has 0 radical (unpaired) electrons. The van der Waals surface area contributed by atoms with E-state index in [2.05, 4.69) is 25.7 Å². The van der Waals surface area contributed by atoms with E-state index >= 15 is 0 Å². The predicted octanol–water partition coefficient (Wildman–Crippen LogP) is 3.47. The molecule has 0 aromatic heterocycles. The molecule has 0 bridgehead atoms. The van der Waals surface area contributed by atoms with Crippen molar-refractivity contribution in [1.29, 1.82) is 0 Å². The summed E-state index contributed by atoms with van der Waals surface area (Å²) in [5, 5.41) is 0. The SMILES string of the molecule is CCCN(CCC)C(CC)[Si](OCC)(OCC)OCC. The van der Waals surface area contributed by atoms with E-state index in [0.717, 1.165) is 32.4 Å². The number of hydrogen-bond donors (Lipinski definition) is 0. The quantitative estimate of drug-likeness (QED) is 0.488. The Bertz CT molecular complexity index is 206. The van der Waals surface area contributed by atoms with E-state index in [4.69, 9.17) is 13.3 Å². The summed E-state index contributed by atoms with van der Waals surface area (Å²) in [7, 11) is -2.64. The second-order valence-electron chi connectivity index (χ2n) is 4.86. The molecule has 1 atom stereocenters. The van der Waals surface area contributed by atoms with Gasteiger partial charge in [-0.3, -0.25) is 4.90 Å². The summed E-state index contributed by atoms with van der Waals surface area (Å²) in [6.07, 6.45) is 3.29. The van der Waals surface area contributed by atoms with Crippen molar-refractivity contribution >= 4 is 8.80 Å². The van der Waals surface area contributed by atoms with E-state index < -0.39 is 8.80 Å². The third-order valence-electron chi connectivity index (χ3n) is 3.29. The summed E-state index contributed by atoms with van der Waals surface area (Å²) >= 11 is 0. The van der Waals surface area contributed by atoms with Gasteiger partial charge in [0.25, 0.3) is 0 Å². The molecular formula is C15H35NO3Si. The standard InChI is InChI=1S/C15H35NO3Si/c1-7-13-16(14-8-2)15(9-3)20(17-10-4,18-11-5)19-12-6/h15H,7-14H2,1-6H3. The normalized spacial score (nSPS) is 13.9. The molecule has 0 aliphatic carbocycles. The first-order valence-corrected chi connectivity index (χ1v) is 10.1. The zero-order valence-electron chi connectivity index (χ0n) is 14.4. The Morgan fingerprint density at radius 2 is 1.15 bits per heavy atom. The molecule has 0 saturated carbocycles. The zero-order valence-corrected chi connectivity index (χ0v) is 15.4. The lowest BCUT2D eigenvalue weighted by atomic mass is 10.3. The predicted molar refractivity (Wildman–Crippen MR) is 86.9 cm³/mol. The average Bonchev–Trinajstić information content (AvgIpc) is 2.41. The van der Waals surface area contributed by atoms with Crippen LogP contribution in [0.3, 0.4) is 0 Å². The fraction of sp³-hybridized carbons (Fsp3) is 1.00. The monoisotopic (exact) mass is 305 g/mol. The minimum absolute atomic E-state index is 0.266. The fourth-order valence-electron chi connectivity index (χ4n) is 2.75. The van der Waals surface area contributed by atoms with Crippen molar-refractivity contribution in [1.82, 2.24) is 4.90 Å². The summed E-state index contributed by atoms with van der Waals surface area (Å²) in [5.74, 6) is 0. The van der Waals surface area contributed by atoms with Crippen LogP contribution in [-0.4, -0.2) is 52.3 Å². The minimum Gasteiger partial charge on any atom is -0.373 e. The van der Waals surface area contributed by atoms with E-state index in [1.54, 1.807) is 0 Å². The molecule has 0 aromatic carbocycles. The van der Waals surface area contributed by atoms with Crippen molar-refractivity contribution in [2.75, 3.05) is 32.9 Å². The molecule has 0 heterocycles. The topological polar surface area (TPSA) is 30.9 Å². The van der Waals surface area contributed by atoms with E-state index in [0.29, 0.717) is 19.8 Å². The van der Waals surface area contributed by atoms with E-state index in [9.17, 15) is 0 Å². The largest absolute Gasteiger partial charge is 0.519 e. The van der Waals surface area contributed by atoms with Crippen LogP contribution in [0.5, 0.6) is 0 Å². The van der Waals surface area contributed by atoms with Gasteiger partial charge < -0.3 is 13.3 Å². The van der Waals surface area contributed by atoms with Crippen LogP contribution < -0.4 is 0 Å². The van der Waals surface area contributed by atoms with E-state index in [1.165, 1.54) is 0 Å². The number of nitrogens with zero attached hydrogens (tertiary/aromatic N) is 1. The second-order valence-corrected chi connectivity index (χ2v) is 7.60. The van der Waals surface area contributed by atoms with Crippen LogP contribution in [0, 0.1) is 0 Å². The molecule has 0 spiro atoms. The molecule has 0 aliphatic rings. The Labute approximate surface area is 127 Å². The van der Waals surface area contributed by atoms with Gasteiger partial charge in [0.05, 0.1) is 5.67 Å². The Morgan fingerprint density at radius 1 is 0.750 bits per heavy atom. The van der Waals surface area contributed by atoms with Crippen LogP contribution in [0.2, 0.25) is 0 Å². The van der Waals surface area contributed by atoms with E-state index in [1.807, 2.05) is 20.8 Å². The molecule has 0 fully saturated rings. The Morgan fingerprint density at radius 3 is 1.40 bits per heavy atom. The van der Waals surface area contributed by atoms with Crippen molar-refractivity contribution in [2.24, 2.45) is 0 Å². The van der Waals surface area contributed by atoms with Crippen LogP contribution in [0.4, 0.5) is 0 Å². The van der Waals surface area contributed by atoms with Gasteiger partial charge in [0.15, 0.2) is 0 Å². The zero-order chi connectivity index (χ0) is 15.4. The van der Waals surface area contributed by atoms with Gasteiger partial charge in [-0.2, -0.15) is 0 Å². The maximum Gasteiger partial charge on any atom is 0.519 e. The van der Waals surface area contributed by atoms with E-state index in [-0.39, 0.29) is 5.67 Å². The molecule has 0 N–H and O–H groups in total. The highest BCUT2D eigenvalue weighted by molar-refractivity contribution is 6.62. The van der Waals surface area contributed by atoms with Gasteiger partial charge in [-0.25, -0.2) is 0 Å². The highest BCUT2D eigenvalue weighted by Gasteiger charge is 2.50. The van der Waals surface area contributed by atoms with Crippen LogP contribution in [0.25, 0.3) is 0 Å². The minimum atomic E-state index is -2.64. The van der Waals surface area contributed by atoms with Gasteiger partial charge in [-0.15, -0.1) is 0 Å². The number of hydrogen-bond acceptors (Lipinski definition) is 4. The molecule has 0 saturated heterocycles. The molecular weight excluding hydrogens is 270 g/mol. The van der Waals surface area contributed by atoms with Gasteiger partial charge in [0.1, 0.15) is 0 Å². The lowest BCUT2D eigenvalue weighted by Crippen LogP contribution is -2.63. The highest BCUT2D eigenvalue weighted by atomic mass is 28.4. The van der Waals surface area contributed by atoms with Gasteiger partial charge >= 0.3 is 8.80 Å². The smallest absolute Gasteiger partial charge is 0.373 e. The molecule has 5 heteroatoms. The molecule has 122 valence electrons. The summed E-state index contributed by atoms with van der Waals surface area (Å²) in [5.41, 5.74) is 0.266. The third-order valence-corrected chi connectivity index (χ3v) is 6.96. The average molecular weight is 306 g/mol. The van der Waals surface area contributed by atoms with Crippen molar-refractivity contribution in [3.63, 3.8) is 0 Å². The van der Waals surface area contributed by atoms with Crippen LogP contribution in [-0.2, 0) is 13.3 Å². The second kappa shape index (κ2) is 11.7. The molecule has 0 amide bonds. The maximum atomic E-state index is 6.09. The van der Waals surface area contributed by atoms with Gasteiger partial charge in [-0.05, 0) is 53.1 Å². The highest BCUT2D eigenvalue weighted by Crippen LogP contribution is 2.23. The van der Waals surface area contributed by atoms with Crippen molar-refractivity contribution < 1.29 is 13.3 Å². The first-order chi connectivity index (χ1) is 9.65. The molecule has 0 aliphatic heterocycles. The molecule has 0 aromatic rings. The van der Waals surface area contributed by atoms with Gasteiger partial charge in [-0.1, -0.05) is 20.8 Å². The van der Waals surface area contributed by atoms with Crippen molar-refractivity contribution in [2.45, 2.75) is 66.5 Å². The summed E-state index contributed by atoms with van der Waals surface area (Å²) in [6.45, 7) is 16.8. The fourth-order valence-corrected chi connectivity index (χ4v) is 5.99. The lowest BCUT2D eigenvalue weighted by Gasteiger charge is -2.41. The first kappa shape index (κ1) is 20.1. The molecule has 20 heavy (non-hydrogen) atoms. The van der Waals surface area contributed by atoms with Crippen LogP contribution >= 0.6 is 0 Å². The molecule has 4 nitrogen and oxygen atoms in total. The molecule has 1 unspecified atom stereocenters. The third kappa shape index (κ3) is 5.82. The van der Waals surface area contributed by atoms with Crippen molar-refractivity contribution in [3.8, 4) is 0 Å². The number of rotatable bonds is 13. The Balaban J connectivity index is 5.27.